The van der Waals surface area contributed by atoms with Gasteiger partial charge in [-0.1, -0.05) is 0 Å². The number of aromatic nitrogens is 4. The van der Waals surface area contributed by atoms with Crippen LogP contribution in [0.4, 0.5) is 40.2 Å². The minimum Gasteiger partial charge on any atom is -0.494 e. The van der Waals surface area contributed by atoms with E-state index < -0.39 is 39.7 Å². The SMILES string of the molecule is COc1cc(N2CCC(CN3CCN(c4ccc5c(c4)C(=O)N(C4CCC(=O)NC4=O)C5=O)CC3)CC2)c(C)cc1Nc1ncc(Br)c(Nc2ccc3nccnc3c2N(C)S(C)(=O)=O)n1. The molecule has 3 fully saturated rings. The molecule has 9 rings (SSSR count). The third-order valence-electron chi connectivity index (χ3n) is 12.8. The zero-order valence-corrected chi connectivity index (χ0v) is 39.3. The fourth-order valence-electron chi connectivity index (χ4n) is 9.22. The first kappa shape index (κ1) is 44.7. The molecular formula is C45H49BrN12O7S. The predicted octanol–water partition coefficient (Wildman–Crippen LogP) is 4.82. The van der Waals surface area contributed by atoms with Crippen LogP contribution in [0.1, 0.15) is 52.0 Å². The van der Waals surface area contributed by atoms with E-state index in [4.69, 9.17) is 9.72 Å². The van der Waals surface area contributed by atoms with Crippen molar-refractivity contribution in [2.45, 2.75) is 38.6 Å². The van der Waals surface area contributed by atoms with Crippen LogP contribution in [-0.2, 0) is 19.6 Å². The summed E-state index contributed by atoms with van der Waals surface area (Å²) in [6.45, 7) is 8.19. The van der Waals surface area contributed by atoms with Gasteiger partial charge in [-0.05, 0) is 90.0 Å². The van der Waals surface area contributed by atoms with E-state index in [0.29, 0.717) is 61.6 Å². The Labute approximate surface area is 390 Å². The fourth-order valence-corrected chi connectivity index (χ4v) is 10.0. The third-order valence-corrected chi connectivity index (χ3v) is 14.6. The number of nitrogens with zero attached hydrogens (tertiary/aromatic N) is 9. The molecule has 0 aliphatic carbocycles. The summed E-state index contributed by atoms with van der Waals surface area (Å²) in [5, 5.41) is 8.84. The number of methoxy groups -OCH3 is 1. The quantitative estimate of drug-likeness (QED) is 0.143. The van der Waals surface area contributed by atoms with Gasteiger partial charge in [0, 0.05) is 95.3 Å². The third kappa shape index (κ3) is 8.81. The molecule has 19 nitrogen and oxygen atoms in total. The van der Waals surface area contributed by atoms with Crippen LogP contribution in [-0.4, -0.2) is 134 Å². The molecular weight excluding hydrogens is 933 g/mol. The first-order valence-corrected chi connectivity index (χ1v) is 24.3. The van der Waals surface area contributed by atoms with Crippen molar-refractivity contribution in [2.24, 2.45) is 5.92 Å². The van der Waals surface area contributed by atoms with E-state index in [-0.39, 0.29) is 18.4 Å². The number of halogens is 1. The van der Waals surface area contributed by atoms with E-state index in [1.165, 1.54) is 17.5 Å². The first-order chi connectivity index (χ1) is 31.7. The van der Waals surface area contributed by atoms with Crippen LogP contribution in [0, 0.1) is 12.8 Å². The lowest BCUT2D eigenvalue weighted by Gasteiger charge is -2.40. The Morgan fingerprint density at radius 1 is 0.864 bits per heavy atom. The van der Waals surface area contributed by atoms with Crippen molar-refractivity contribution < 1.29 is 32.3 Å². The van der Waals surface area contributed by atoms with Crippen molar-refractivity contribution in [3.63, 3.8) is 0 Å². The molecule has 66 heavy (non-hydrogen) atoms. The van der Waals surface area contributed by atoms with Crippen LogP contribution < -0.4 is 34.8 Å². The number of sulfonamides is 1. The molecule has 0 radical (unpaired) electrons. The molecule has 2 aromatic heterocycles. The van der Waals surface area contributed by atoms with Gasteiger partial charge in [-0.25, -0.2) is 13.4 Å². The normalized spacial score (nSPS) is 18.4. The summed E-state index contributed by atoms with van der Waals surface area (Å²) < 4.78 is 33.0. The number of carbonyl (C=O) groups excluding carboxylic acids is 4. The van der Waals surface area contributed by atoms with Gasteiger partial charge in [-0.3, -0.25) is 48.6 Å². The Kier molecular flexibility index (Phi) is 12.3. The Morgan fingerprint density at radius 3 is 2.33 bits per heavy atom. The fraction of sp³-hybridized carbons (Fsp3) is 0.378. The molecule has 1 atom stereocenters. The van der Waals surface area contributed by atoms with E-state index in [1.807, 2.05) is 18.2 Å². The van der Waals surface area contributed by atoms with Gasteiger partial charge in [-0.15, -0.1) is 0 Å². The lowest BCUT2D eigenvalue weighted by Crippen LogP contribution is -2.54. The van der Waals surface area contributed by atoms with Crippen LogP contribution >= 0.6 is 15.9 Å². The molecule has 6 heterocycles. The maximum atomic E-state index is 13.4. The van der Waals surface area contributed by atoms with Crippen LogP contribution in [0.15, 0.2) is 65.5 Å². The lowest BCUT2D eigenvalue weighted by atomic mass is 9.95. The number of aryl methyl sites for hydroxylation is 1. The molecule has 3 N–H and O–H groups in total. The highest BCUT2D eigenvalue weighted by Crippen LogP contribution is 2.39. The van der Waals surface area contributed by atoms with Gasteiger partial charge in [0.2, 0.25) is 27.8 Å². The highest BCUT2D eigenvalue weighted by Gasteiger charge is 2.45. The van der Waals surface area contributed by atoms with E-state index >= 15 is 0 Å². The van der Waals surface area contributed by atoms with Crippen LogP contribution in [0.2, 0.25) is 0 Å². The molecule has 5 aromatic rings. The van der Waals surface area contributed by atoms with Crippen molar-refractivity contribution >= 4 is 101 Å². The first-order valence-electron chi connectivity index (χ1n) is 21.7. The number of nitrogens with one attached hydrogen (secondary N) is 3. The highest BCUT2D eigenvalue weighted by molar-refractivity contribution is 9.10. The maximum absolute atomic E-state index is 13.4. The van der Waals surface area contributed by atoms with E-state index in [2.05, 4.69) is 68.5 Å². The van der Waals surface area contributed by atoms with Gasteiger partial charge in [0.15, 0.2) is 0 Å². The van der Waals surface area contributed by atoms with Gasteiger partial charge in [0.1, 0.15) is 28.8 Å². The van der Waals surface area contributed by atoms with E-state index in [0.717, 1.165) is 86.7 Å². The molecule has 1 unspecified atom stereocenters. The monoisotopic (exact) mass is 980 g/mol. The second-order valence-electron chi connectivity index (χ2n) is 17.0. The molecule has 0 spiro atoms. The van der Waals surface area contributed by atoms with Gasteiger partial charge < -0.3 is 25.2 Å². The summed E-state index contributed by atoms with van der Waals surface area (Å²) in [4.78, 5) is 76.9. The highest BCUT2D eigenvalue weighted by atomic mass is 79.9. The second kappa shape index (κ2) is 18.1. The molecule has 344 valence electrons. The smallest absolute Gasteiger partial charge is 0.262 e. The number of amides is 4. The molecule has 0 bridgehead atoms. The average molecular weight is 982 g/mol. The molecule has 3 saturated heterocycles. The molecule has 4 aliphatic rings. The number of benzene rings is 3. The Balaban J connectivity index is 0.804. The van der Waals surface area contributed by atoms with Crippen molar-refractivity contribution in [3.8, 4) is 5.75 Å². The number of fused-ring (bicyclic) bond motifs is 2. The van der Waals surface area contributed by atoms with Gasteiger partial charge in [0.05, 0.1) is 45.9 Å². The number of imide groups is 2. The number of rotatable bonds is 12. The Morgan fingerprint density at radius 2 is 1.61 bits per heavy atom. The average Bonchev–Trinajstić information content (AvgIpc) is 3.55. The molecule has 3 aromatic carbocycles. The number of piperidine rings is 2. The molecule has 0 saturated carbocycles. The molecule has 4 amide bonds. The topological polar surface area (TPSA) is 215 Å². The van der Waals surface area contributed by atoms with Crippen molar-refractivity contribution in [1.29, 1.82) is 0 Å². The minimum absolute atomic E-state index is 0.0814. The minimum atomic E-state index is -3.65. The molecule has 4 aliphatic heterocycles. The second-order valence-corrected chi connectivity index (χ2v) is 19.9. The number of hydrogen-bond acceptors (Lipinski definition) is 16. The summed E-state index contributed by atoms with van der Waals surface area (Å²) in [6, 6.07) is 11.9. The number of hydrogen-bond donors (Lipinski definition) is 3. The largest absolute Gasteiger partial charge is 0.494 e. The lowest BCUT2D eigenvalue weighted by molar-refractivity contribution is -0.136. The van der Waals surface area contributed by atoms with Crippen molar-refractivity contribution in [3.05, 3.63) is 82.2 Å². The van der Waals surface area contributed by atoms with Crippen molar-refractivity contribution in [2.75, 3.05) is 91.0 Å². The zero-order chi connectivity index (χ0) is 46.4. The zero-order valence-electron chi connectivity index (χ0n) is 36.9. The summed E-state index contributed by atoms with van der Waals surface area (Å²) in [5.41, 5.74) is 6.04. The summed E-state index contributed by atoms with van der Waals surface area (Å²) in [5.74, 6) is -0.146. The van der Waals surface area contributed by atoms with Gasteiger partial charge >= 0.3 is 0 Å². The number of piperazine rings is 1. The van der Waals surface area contributed by atoms with Crippen LogP contribution in [0.3, 0.4) is 0 Å². The van der Waals surface area contributed by atoms with Gasteiger partial charge in [-0.2, -0.15) is 4.98 Å². The number of ether oxygens (including phenoxy) is 1. The summed E-state index contributed by atoms with van der Waals surface area (Å²) in [6.07, 6.45) is 8.10. The number of carbonyl (C=O) groups is 4. The van der Waals surface area contributed by atoms with Gasteiger partial charge in [0.25, 0.3) is 11.8 Å². The Bertz CT molecular complexity index is 2890. The number of anilines is 7. The van der Waals surface area contributed by atoms with Crippen LogP contribution in [0.25, 0.3) is 11.0 Å². The maximum Gasteiger partial charge on any atom is 0.262 e. The standard InChI is InChI=1S/C45H49BrN12O7S/c1-26-21-34(51-45-49-24-31(46)41(53-45)50-33-8-7-32-39(48-14-13-47-32)40(33)54(2)66(4,63)64)37(65-3)23-36(26)57-15-11-27(12-16-57)25-55-17-19-56(20-18-55)28-5-6-29-30(22-28)44(62)58(43(29)61)35-9-10-38(59)52-42(35)60/h5-8,13-14,21-24,27,35H,9-12,15-20,25H2,1-4H3,(H,52,59,60)(H2,49,50,51,53). The summed E-state index contributed by atoms with van der Waals surface area (Å²) >= 11 is 3.54. The summed E-state index contributed by atoms with van der Waals surface area (Å²) in [7, 11) is -0.553. The Hall–Kier alpha value is -6.45. The predicted molar refractivity (Wildman–Crippen MR) is 254 cm³/mol. The van der Waals surface area contributed by atoms with Crippen molar-refractivity contribution in [1.82, 2.24) is 35.1 Å². The van der Waals surface area contributed by atoms with E-state index in [1.54, 1.807) is 43.8 Å². The molecule has 21 heteroatoms. The van der Waals surface area contributed by atoms with E-state index in [9.17, 15) is 27.6 Å². The van der Waals surface area contributed by atoms with Crippen LogP contribution in [0.5, 0.6) is 5.75 Å².